The number of rotatable bonds is 8. The van der Waals surface area contributed by atoms with Crippen LogP contribution in [0.1, 0.15) is 45.6 Å². The van der Waals surface area contributed by atoms with Gasteiger partial charge in [0.25, 0.3) is 0 Å². The molecule has 1 N–H and O–H groups in total. The summed E-state index contributed by atoms with van der Waals surface area (Å²) in [6, 6.07) is 5.29. The van der Waals surface area contributed by atoms with E-state index < -0.39 is 0 Å². The molecule has 4 heteroatoms. The van der Waals surface area contributed by atoms with E-state index in [4.69, 9.17) is 4.74 Å². The number of benzene rings is 1. The first kappa shape index (κ1) is 16.9. The molecule has 0 unspecified atom stereocenters. The normalized spacial score (nSPS) is 20.8. The largest absolute Gasteiger partial charge is 0.490 e. The third-order valence-corrected chi connectivity index (χ3v) is 4.13. The third-order valence-electron chi connectivity index (χ3n) is 4.13. The van der Waals surface area contributed by atoms with E-state index in [0.717, 1.165) is 24.9 Å². The quantitative estimate of drug-likeness (QED) is 0.799. The summed E-state index contributed by atoms with van der Waals surface area (Å²) in [6.45, 7) is 6.83. The van der Waals surface area contributed by atoms with E-state index in [-0.39, 0.29) is 23.6 Å². The summed E-state index contributed by atoms with van der Waals surface area (Å²) in [7, 11) is 0. The summed E-state index contributed by atoms with van der Waals surface area (Å²) < 4.78 is 19.5. The Kier molecular flexibility index (Phi) is 5.95. The van der Waals surface area contributed by atoms with E-state index in [1.54, 1.807) is 0 Å². The van der Waals surface area contributed by atoms with Crippen LogP contribution in [0.2, 0.25) is 0 Å². The molecule has 1 aromatic carbocycles. The number of carbonyl (C=O) groups excluding carboxylic acids is 1. The van der Waals surface area contributed by atoms with E-state index in [1.807, 2.05) is 19.9 Å². The van der Waals surface area contributed by atoms with Gasteiger partial charge in [-0.2, -0.15) is 0 Å². The molecule has 3 nitrogen and oxygen atoms in total. The Hall–Kier alpha value is -1.42. The number of hydrogen-bond acceptors (Lipinski definition) is 3. The van der Waals surface area contributed by atoms with Crippen LogP contribution < -0.4 is 10.1 Å². The number of carbonyl (C=O) groups is 1. The second-order valence-corrected chi connectivity index (χ2v) is 6.38. The van der Waals surface area contributed by atoms with Gasteiger partial charge in [-0.1, -0.05) is 20.8 Å². The van der Waals surface area contributed by atoms with Gasteiger partial charge in [0.05, 0.1) is 0 Å². The van der Waals surface area contributed by atoms with Crippen molar-refractivity contribution in [3.05, 3.63) is 29.6 Å². The van der Waals surface area contributed by atoms with Crippen molar-refractivity contribution in [3.8, 4) is 5.75 Å². The molecule has 1 fully saturated rings. The highest BCUT2D eigenvalue weighted by molar-refractivity contribution is 5.80. The maximum Gasteiger partial charge on any atom is 0.135 e. The summed E-state index contributed by atoms with van der Waals surface area (Å²) >= 11 is 0. The molecule has 0 aromatic heterocycles. The first-order valence-corrected chi connectivity index (χ1v) is 8.20. The maximum atomic E-state index is 13.7. The first-order chi connectivity index (χ1) is 10.5. The van der Waals surface area contributed by atoms with Crippen molar-refractivity contribution < 1.29 is 13.9 Å². The van der Waals surface area contributed by atoms with Crippen LogP contribution in [-0.4, -0.2) is 24.5 Å². The molecule has 0 saturated heterocycles. The number of halogens is 1. The molecule has 1 aliphatic rings. The van der Waals surface area contributed by atoms with Gasteiger partial charge in [0.2, 0.25) is 0 Å². The molecule has 1 saturated carbocycles. The van der Waals surface area contributed by atoms with Gasteiger partial charge < -0.3 is 10.1 Å². The Bertz CT molecular complexity index is 510. The van der Waals surface area contributed by atoms with Crippen molar-refractivity contribution in [2.75, 3.05) is 6.54 Å². The Morgan fingerprint density at radius 3 is 2.73 bits per heavy atom. The lowest BCUT2D eigenvalue weighted by Gasteiger charge is -2.35. The zero-order valence-corrected chi connectivity index (χ0v) is 13.7. The molecular formula is C18H26FNO2. The lowest BCUT2D eigenvalue weighted by molar-refractivity contribution is -0.121. The molecule has 1 aromatic rings. The highest BCUT2D eigenvalue weighted by Crippen LogP contribution is 2.27. The van der Waals surface area contributed by atoms with Crippen LogP contribution in [0.25, 0.3) is 0 Å². The Labute approximate surface area is 132 Å². The molecule has 0 aliphatic heterocycles. The average molecular weight is 307 g/mol. The average Bonchev–Trinajstić information content (AvgIpc) is 2.42. The zero-order chi connectivity index (χ0) is 16.1. The molecule has 0 radical (unpaired) electrons. The minimum Gasteiger partial charge on any atom is -0.490 e. The predicted molar refractivity (Wildman–Crippen MR) is 85.7 cm³/mol. The van der Waals surface area contributed by atoms with Crippen LogP contribution in [-0.2, 0) is 11.2 Å². The fourth-order valence-corrected chi connectivity index (χ4v) is 2.70. The van der Waals surface area contributed by atoms with Crippen molar-refractivity contribution in [2.24, 2.45) is 5.92 Å². The number of hydrogen-bond donors (Lipinski definition) is 1. The van der Waals surface area contributed by atoms with Crippen molar-refractivity contribution in [1.29, 1.82) is 0 Å². The van der Waals surface area contributed by atoms with Gasteiger partial charge in [0.1, 0.15) is 23.5 Å². The number of Topliss-reactive ketones (excluding diaryl/α,β-unsaturated/α-hetero) is 1. The number of ether oxygens (including phenoxy) is 1. The van der Waals surface area contributed by atoms with Crippen molar-refractivity contribution in [2.45, 2.75) is 58.6 Å². The molecule has 0 spiro atoms. The SMILES string of the molecule is CCN[C@H]1C[C@@H](Oc2cc(F)cc(CCC(=O)C(C)C)c2)C1. The highest BCUT2D eigenvalue weighted by atomic mass is 19.1. The van der Waals surface area contributed by atoms with Crippen LogP contribution >= 0.6 is 0 Å². The van der Waals surface area contributed by atoms with Crippen LogP contribution in [0, 0.1) is 11.7 Å². The molecule has 122 valence electrons. The van der Waals surface area contributed by atoms with Crippen LogP contribution in [0.4, 0.5) is 4.39 Å². The third kappa shape index (κ3) is 4.80. The highest BCUT2D eigenvalue weighted by Gasteiger charge is 2.30. The molecule has 22 heavy (non-hydrogen) atoms. The molecule has 1 aliphatic carbocycles. The second-order valence-electron chi connectivity index (χ2n) is 6.38. The van der Waals surface area contributed by atoms with Gasteiger partial charge in [0.15, 0.2) is 0 Å². The number of aryl methyl sites for hydroxylation is 1. The summed E-state index contributed by atoms with van der Waals surface area (Å²) in [6.07, 6.45) is 3.11. The van der Waals surface area contributed by atoms with Gasteiger partial charge in [-0.3, -0.25) is 4.79 Å². The number of ketones is 1. The summed E-state index contributed by atoms with van der Waals surface area (Å²) in [4.78, 5) is 11.7. The molecule has 0 atom stereocenters. The Morgan fingerprint density at radius 2 is 2.09 bits per heavy atom. The van der Waals surface area contributed by atoms with E-state index in [1.165, 1.54) is 12.1 Å². The minimum atomic E-state index is -0.299. The molecule has 0 heterocycles. The summed E-state index contributed by atoms with van der Waals surface area (Å²) in [5.74, 6) is 0.514. The van der Waals surface area contributed by atoms with Crippen LogP contribution in [0.5, 0.6) is 5.75 Å². The van der Waals surface area contributed by atoms with Crippen molar-refractivity contribution >= 4 is 5.78 Å². The van der Waals surface area contributed by atoms with E-state index in [2.05, 4.69) is 12.2 Å². The molecular weight excluding hydrogens is 281 g/mol. The first-order valence-electron chi connectivity index (χ1n) is 8.20. The lowest BCUT2D eigenvalue weighted by atomic mass is 9.89. The standard InChI is InChI=1S/C18H26FNO2/c1-4-20-15-10-17(11-15)22-16-8-13(7-14(19)9-16)5-6-18(21)12(2)3/h7-9,12,15,17,20H,4-6,10-11H2,1-3H3/t15-,17+. The van der Waals surface area contributed by atoms with E-state index >= 15 is 0 Å². The predicted octanol–water partition coefficient (Wildman–Crippen LogP) is 3.50. The maximum absolute atomic E-state index is 13.7. The van der Waals surface area contributed by atoms with Crippen molar-refractivity contribution in [3.63, 3.8) is 0 Å². The van der Waals surface area contributed by atoms with Gasteiger partial charge in [0, 0.05) is 24.4 Å². The lowest BCUT2D eigenvalue weighted by Crippen LogP contribution is -2.46. The smallest absolute Gasteiger partial charge is 0.135 e. The number of nitrogens with one attached hydrogen (secondary N) is 1. The summed E-state index contributed by atoms with van der Waals surface area (Å²) in [5, 5.41) is 3.37. The summed E-state index contributed by atoms with van der Waals surface area (Å²) in [5.41, 5.74) is 0.826. The van der Waals surface area contributed by atoms with Gasteiger partial charge in [-0.15, -0.1) is 0 Å². The van der Waals surface area contributed by atoms with Gasteiger partial charge >= 0.3 is 0 Å². The van der Waals surface area contributed by atoms with Crippen LogP contribution in [0.3, 0.4) is 0 Å². The fraction of sp³-hybridized carbons (Fsp3) is 0.611. The van der Waals surface area contributed by atoms with Gasteiger partial charge in [-0.05, 0) is 43.5 Å². The molecule has 0 amide bonds. The van der Waals surface area contributed by atoms with Gasteiger partial charge in [-0.25, -0.2) is 4.39 Å². The van der Waals surface area contributed by atoms with Crippen molar-refractivity contribution in [1.82, 2.24) is 5.32 Å². The minimum absolute atomic E-state index is 0.0299. The second kappa shape index (κ2) is 7.73. The fourth-order valence-electron chi connectivity index (χ4n) is 2.70. The zero-order valence-electron chi connectivity index (χ0n) is 13.7. The Balaban J connectivity index is 1.89. The van der Waals surface area contributed by atoms with E-state index in [0.29, 0.717) is 24.6 Å². The Morgan fingerprint density at radius 1 is 1.36 bits per heavy atom. The topological polar surface area (TPSA) is 38.3 Å². The van der Waals surface area contributed by atoms with E-state index in [9.17, 15) is 9.18 Å². The van der Waals surface area contributed by atoms with Crippen LogP contribution in [0.15, 0.2) is 18.2 Å². The molecule has 0 bridgehead atoms. The monoisotopic (exact) mass is 307 g/mol. The molecule has 2 rings (SSSR count).